The predicted octanol–water partition coefficient (Wildman–Crippen LogP) is 3.43. The molecule has 7 nitrogen and oxygen atoms in total. The smallest absolute Gasteiger partial charge is 0.339 e. The number of carboxylic acids is 1. The Hall–Kier alpha value is -3.61. The Bertz CT molecular complexity index is 1170. The fourth-order valence-electron chi connectivity index (χ4n) is 3.19. The van der Waals surface area contributed by atoms with Gasteiger partial charge >= 0.3 is 11.6 Å². The lowest BCUT2D eigenvalue weighted by Gasteiger charge is -2.20. The van der Waals surface area contributed by atoms with E-state index in [0.717, 1.165) is 10.9 Å². The van der Waals surface area contributed by atoms with Gasteiger partial charge in [-0.25, -0.2) is 9.59 Å². The molecule has 1 aromatic heterocycles. The molecule has 0 bridgehead atoms. The molecule has 7 heteroatoms. The van der Waals surface area contributed by atoms with E-state index in [1.807, 2.05) is 6.92 Å². The van der Waals surface area contributed by atoms with Crippen LogP contribution in [-0.4, -0.2) is 23.1 Å². The van der Waals surface area contributed by atoms with Crippen LogP contribution in [0.5, 0.6) is 5.75 Å². The van der Waals surface area contributed by atoms with Gasteiger partial charge in [0.1, 0.15) is 11.3 Å². The molecule has 0 saturated carbocycles. The van der Waals surface area contributed by atoms with Gasteiger partial charge in [0.2, 0.25) is 0 Å². The van der Waals surface area contributed by atoms with Crippen LogP contribution in [0.1, 0.15) is 35.2 Å². The lowest BCUT2D eigenvalue weighted by atomic mass is 10.0. The largest absolute Gasteiger partial charge is 0.480 e. The summed E-state index contributed by atoms with van der Waals surface area (Å²) in [6.45, 7) is 6.82. The van der Waals surface area contributed by atoms with E-state index < -0.39 is 29.6 Å². The SMILES string of the molecule is Cc1c(C)c2ccc(OC(C)C(=O)N[C@H](C(=O)O)c3ccccc3)c(C)c2oc1=O. The fraction of sp³-hybridized carbons (Fsp3) is 0.261. The molecule has 0 aliphatic heterocycles. The van der Waals surface area contributed by atoms with E-state index in [2.05, 4.69) is 5.32 Å². The third-order valence-corrected chi connectivity index (χ3v) is 5.16. The van der Waals surface area contributed by atoms with Crippen molar-refractivity contribution in [1.29, 1.82) is 0 Å². The highest BCUT2D eigenvalue weighted by Gasteiger charge is 2.26. The summed E-state index contributed by atoms with van der Waals surface area (Å²) in [6.07, 6.45) is -0.968. The van der Waals surface area contributed by atoms with Crippen LogP contribution in [0, 0.1) is 20.8 Å². The summed E-state index contributed by atoms with van der Waals surface area (Å²) in [4.78, 5) is 36.2. The lowest BCUT2D eigenvalue weighted by molar-refractivity contribution is -0.143. The first-order valence-corrected chi connectivity index (χ1v) is 9.49. The Morgan fingerprint density at radius 3 is 2.30 bits per heavy atom. The average molecular weight is 409 g/mol. The van der Waals surface area contributed by atoms with Gasteiger partial charge < -0.3 is 19.6 Å². The predicted molar refractivity (Wildman–Crippen MR) is 112 cm³/mol. The van der Waals surface area contributed by atoms with Crippen LogP contribution in [0.4, 0.5) is 0 Å². The molecule has 2 atom stereocenters. The molecule has 2 N–H and O–H groups in total. The van der Waals surface area contributed by atoms with Gasteiger partial charge in [0.15, 0.2) is 12.1 Å². The number of nitrogens with one attached hydrogen (secondary N) is 1. The van der Waals surface area contributed by atoms with Crippen molar-refractivity contribution in [1.82, 2.24) is 5.32 Å². The Morgan fingerprint density at radius 1 is 1.00 bits per heavy atom. The van der Waals surface area contributed by atoms with E-state index in [1.165, 1.54) is 6.92 Å². The van der Waals surface area contributed by atoms with Crippen molar-refractivity contribution < 1.29 is 23.8 Å². The highest BCUT2D eigenvalue weighted by Crippen LogP contribution is 2.30. The van der Waals surface area contributed by atoms with Gasteiger partial charge in [-0.1, -0.05) is 30.3 Å². The molecule has 0 saturated heterocycles. The van der Waals surface area contributed by atoms with Gasteiger partial charge in [-0.05, 0) is 51.0 Å². The Balaban J connectivity index is 1.84. The van der Waals surface area contributed by atoms with Gasteiger partial charge in [0, 0.05) is 16.5 Å². The maximum atomic E-state index is 12.6. The normalized spacial score (nSPS) is 12.9. The maximum Gasteiger partial charge on any atom is 0.339 e. The summed E-state index contributed by atoms with van der Waals surface area (Å²) in [5.41, 5.74) is 2.40. The van der Waals surface area contributed by atoms with E-state index in [9.17, 15) is 19.5 Å². The monoisotopic (exact) mass is 409 g/mol. The zero-order valence-electron chi connectivity index (χ0n) is 17.2. The zero-order valence-corrected chi connectivity index (χ0v) is 17.2. The maximum absolute atomic E-state index is 12.6. The summed E-state index contributed by atoms with van der Waals surface area (Å²) < 4.78 is 11.2. The second kappa shape index (κ2) is 8.41. The number of rotatable bonds is 6. The van der Waals surface area contributed by atoms with Crippen LogP contribution in [0.15, 0.2) is 51.7 Å². The molecule has 156 valence electrons. The number of aliphatic carboxylic acids is 1. The van der Waals surface area contributed by atoms with E-state index in [0.29, 0.717) is 28.0 Å². The van der Waals surface area contributed by atoms with Crippen LogP contribution < -0.4 is 15.7 Å². The van der Waals surface area contributed by atoms with Crippen molar-refractivity contribution in [2.75, 3.05) is 0 Å². The van der Waals surface area contributed by atoms with E-state index in [1.54, 1.807) is 56.3 Å². The van der Waals surface area contributed by atoms with Crippen molar-refractivity contribution in [2.45, 2.75) is 39.8 Å². The Morgan fingerprint density at radius 2 is 1.67 bits per heavy atom. The molecule has 3 rings (SSSR count). The number of aryl methyl sites for hydroxylation is 2. The van der Waals surface area contributed by atoms with Gasteiger partial charge in [-0.2, -0.15) is 0 Å². The summed E-state index contributed by atoms with van der Waals surface area (Å²) in [7, 11) is 0. The molecule has 1 heterocycles. The number of amides is 1. The molecule has 0 spiro atoms. The van der Waals surface area contributed by atoms with Crippen LogP contribution in [0.3, 0.4) is 0 Å². The molecule has 0 aliphatic rings. The number of hydrogen-bond donors (Lipinski definition) is 2. The van der Waals surface area contributed by atoms with Crippen molar-refractivity contribution in [2.24, 2.45) is 0 Å². The Kier molecular flexibility index (Phi) is 5.91. The van der Waals surface area contributed by atoms with E-state index in [4.69, 9.17) is 9.15 Å². The molecule has 0 aliphatic carbocycles. The molecule has 1 unspecified atom stereocenters. The lowest BCUT2D eigenvalue weighted by Crippen LogP contribution is -2.41. The van der Waals surface area contributed by atoms with Gasteiger partial charge in [-0.3, -0.25) is 4.79 Å². The fourth-order valence-corrected chi connectivity index (χ4v) is 3.19. The van der Waals surface area contributed by atoms with Crippen molar-refractivity contribution >= 4 is 22.8 Å². The standard InChI is InChI=1S/C23H23NO6/c1-12-13(2)23(28)30-20-14(3)18(11-10-17(12)20)29-15(4)21(25)24-19(22(26)27)16-8-6-5-7-9-16/h5-11,15,19H,1-4H3,(H,24,25)(H,26,27)/t15?,19-/m0/s1. The molecular weight excluding hydrogens is 386 g/mol. The average Bonchev–Trinajstić information content (AvgIpc) is 2.73. The van der Waals surface area contributed by atoms with Gasteiger partial charge in [-0.15, -0.1) is 0 Å². The quantitative estimate of drug-likeness (QED) is 0.604. The van der Waals surface area contributed by atoms with Crippen LogP contribution in [0.25, 0.3) is 11.0 Å². The summed E-state index contributed by atoms with van der Waals surface area (Å²) in [5, 5.41) is 12.8. The number of fused-ring (bicyclic) bond motifs is 1. The van der Waals surface area contributed by atoms with Gasteiger partial charge in [0.05, 0.1) is 0 Å². The first-order chi connectivity index (χ1) is 14.2. The number of benzene rings is 2. The number of carboxylic acid groups (broad SMARTS) is 1. The molecule has 0 fully saturated rings. The highest BCUT2D eigenvalue weighted by atomic mass is 16.5. The summed E-state index contributed by atoms with van der Waals surface area (Å²) in [5.74, 6) is -1.37. The highest BCUT2D eigenvalue weighted by molar-refractivity contribution is 5.88. The number of carbonyl (C=O) groups excluding carboxylic acids is 1. The first-order valence-electron chi connectivity index (χ1n) is 9.49. The molecule has 30 heavy (non-hydrogen) atoms. The minimum absolute atomic E-state index is 0.378. The number of carbonyl (C=O) groups is 2. The Labute approximate surface area is 173 Å². The van der Waals surface area contributed by atoms with Crippen molar-refractivity contribution in [3.63, 3.8) is 0 Å². The molecular formula is C23H23NO6. The minimum atomic E-state index is -1.19. The van der Waals surface area contributed by atoms with E-state index >= 15 is 0 Å². The minimum Gasteiger partial charge on any atom is -0.480 e. The van der Waals surface area contributed by atoms with Crippen LogP contribution in [0.2, 0.25) is 0 Å². The second-order valence-corrected chi connectivity index (χ2v) is 7.16. The molecule has 1 amide bonds. The summed E-state index contributed by atoms with van der Waals surface area (Å²) in [6, 6.07) is 10.7. The van der Waals surface area contributed by atoms with Crippen LogP contribution >= 0.6 is 0 Å². The zero-order chi connectivity index (χ0) is 22.0. The molecule has 2 aromatic carbocycles. The molecule has 3 aromatic rings. The van der Waals surface area contributed by atoms with Crippen molar-refractivity contribution in [3.8, 4) is 5.75 Å². The molecule has 0 radical (unpaired) electrons. The topological polar surface area (TPSA) is 106 Å². The first kappa shape index (κ1) is 21.1. The van der Waals surface area contributed by atoms with Crippen LogP contribution in [-0.2, 0) is 9.59 Å². The van der Waals surface area contributed by atoms with E-state index in [-0.39, 0.29) is 0 Å². The summed E-state index contributed by atoms with van der Waals surface area (Å²) >= 11 is 0. The van der Waals surface area contributed by atoms with Gasteiger partial charge in [0.25, 0.3) is 5.91 Å². The van der Waals surface area contributed by atoms with Crippen molar-refractivity contribution in [3.05, 3.63) is 75.1 Å². The number of hydrogen-bond acceptors (Lipinski definition) is 5. The third-order valence-electron chi connectivity index (χ3n) is 5.16. The third kappa shape index (κ3) is 4.05. The number of ether oxygens (including phenoxy) is 1. The second-order valence-electron chi connectivity index (χ2n) is 7.16.